The zero-order chi connectivity index (χ0) is 12.7. The minimum atomic E-state index is -1.13. The molecule has 1 heterocycles. The molecule has 0 bridgehead atoms. The van der Waals surface area contributed by atoms with Crippen LogP contribution in [-0.2, 0) is 14.3 Å². The van der Waals surface area contributed by atoms with Crippen LogP contribution in [0.1, 0.15) is 12.8 Å². The van der Waals surface area contributed by atoms with Gasteiger partial charge < -0.3 is 20.5 Å². The van der Waals surface area contributed by atoms with Crippen molar-refractivity contribution < 1.29 is 19.4 Å². The number of carbonyl (C=O) groups is 2. The van der Waals surface area contributed by atoms with E-state index in [1.54, 1.807) is 0 Å². The third-order valence-electron chi connectivity index (χ3n) is 2.37. The van der Waals surface area contributed by atoms with Gasteiger partial charge in [0.05, 0.1) is 19.1 Å². The maximum absolute atomic E-state index is 11.6. The van der Waals surface area contributed by atoms with Gasteiger partial charge in [0.15, 0.2) is 0 Å². The molecule has 6 nitrogen and oxygen atoms in total. The number of terminal acetylenes is 1. The van der Waals surface area contributed by atoms with Crippen molar-refractivity contribution in [1.29, 1.82) is 0 Å². The number of hydrogen-bond acceptors (Lipinski definition) is 4. The van der Waals surface area contributed by atoms with Gasteiger partial charge in [0.2, 0.25) is 5.91 Å². The fourth-order valence-corrected chi connectivity index (χ4v) is 1.53. The minimum Gasteiger partial charge on any atom is -0.480 e. The van der Waals surface area contributed by atoms with Crippen LogP contribution in [0.25, 0.3) is 0 Å². The molecule has 0 aromatic heterocycles. The summed E-state index contributed by atoms with van der Waals surface area (Å²) in [5, 5.41) is 14.3. The first-order valence-corrected chi connectivity index (χ1v) is 5.41. The molecule has 3 N–H and O–H groups in total. The van der Waals surface area contributed by atoms with Crippen molar-refractivity contribution in [1.82, 2.24) is 10.6 Å². The number of hydrogen-bond donors (Lipinski definition) is 3. The Morgan fingerprint density at radius 2 is 2.41 bits per heavy atom. The highest BCUT2D eigenvalue weighted by Crippen LogP contribution is 2.02. The molecule has 0 aromatic carbocycles. The van der Waals surface area contributed by atoms with E-state index in [2.05, 4.69) is 16.6 Å². The van der Waals surface area contributed by atoms with Crippen molar-refractivity contribution in [3.63, 3.8) is 0 Å². The van der Waals surface area contributed by atoms with E-state index >= 15 is 0 Å². The Balaban J connectivity index is 2.36. The van der Waals surface area contributed by atoms with Crippen LogP contribution >= 0.6 is 0 Å². The summed E-state index contributed by atoms with van der Waals surface area (Å²) in [4.78, 5) is 22.3. The first-order valence-electron chi connectivity index (χ1n) is 5.41. The highest BCUT2D eigenvalue weighted by molar-refractivity contribution is 5.84. The largest absolute Gasteiger partial charge is 0.480 e. The Hall–Kier alpha value is -1.58. The topological polar surface area (TPSA) is 87.7 Å². The molecule has 2 unspecified atom stereocenters. The first kappa shape index (κ1) is 13.5. The Kier molecular flexibility index (Phi) is 5.46. The molecule has 2 atom stereocenters. The summed E-state index contributed by atoms with van der Waals surface area (Å²) >= 11 is 0. The molecule has 0 saturated carbocycles. The van der Waals surface area contributed by atoms with E-state index in [4.69, 9.17) is 16.3 Å². The predicted molar refractivity (Wildman–Crippen MR) is 60.2 cm³/mol. The number of morpholine rings is 1. The smallest absolute Gasteiger partial charge is 0.327 e. The highest BCUT2D eigenvalue weighted by Gasteiger charge is 2.22. The third kappa shape index (κ3) is 4.85. The van der Waals surface area contributed by atoms with Gasteiger partial charge in [-0.15, -0.1) is 12.3 Å². The highest BCUT2D eigenvalue weighted by atomic mass is 16.5. The van der Waals surface area contributed by atoms with Crippen molar-refractivity contribution in [2.45, 2.75) is 25.0 Å². The maximum atomic E-state index is 11.6. The van der Waals surface area contributed by atoms with Gasteiger partial charge in [-0.05, 0) is 0 Å². The lowest BCUT2D eigenvalue weighted by molar-refractivity contribution is -0.142. The fraction of sp³-hybridized carbons (Fsp3) is 0.636. The van der Waals surface area contributed by atoms with Crippen LogP contribution in [0, 0.1) is 12.3 Å². The molecule has 1 saturated heterocycles. The Morgan fingerprint density at radius 3 is 2.94 bits per heavy atom. The zero-order valence-corrected chi connectivity index (χ0v) is 9.44. The average molecular weight is 240 g/mol. The maximum Gasteiger partial charge on any atom is 0.327 e. The second-order valence-corrected chi connectivity index (χ2v) is 3.77. The van der Waals surface area contributed by atoms with E-state index in [0.717, 1.165) is 6.54 Å². The second-order valence-electron chi connectivity index (χ2n) is 3.77. The predicted octanol–water partition coefficient (Wildman–Crippen LogP) is -1.04. The Labute approximate surface area is 99.7 Å². The van der Waals surface area contributed by atoms with Gasteiger partial charge in [-0.3, -0.25) is 4.79 Å². The SMILES string of the molecule is C#CCC(NC(=O)CC1CNCCO1)C(=O)O. The Bertz CT molecular complexity index is 318. The van der Waals surface area contributed by atoms with Crippen LogP contribution in [0.5, 0.6) is 0 Å². The van der Waals surface area contributed by atoms with Gasteiger partial charge in [-0.25, -0.2) is 4.79 Å². The number of amides is 1. The summed E-state index contributed by atoms with van der Waals surface area (Å²) in [6, 6.07) is -1.02. The summed E-state index contributed by atoms with van der Waals surface area (Å²) in [5.41, 5.74) is 0. The van der Waals surface area contributed by atoms with Gasteiger partial charge in [-0.2, -0.15) is 0 Å². The number of carboxylic acids is 1. The van der Waals surface area contributed by atoms with Crippen LogP contribution in [0.15, 0.2) is 0 Å². The quantitative estimate of drug-likeness (QED) is 0.534. The van der Waals surface area contributed by atoms with Crippen LogP contribution in [0.4, 0.5) is 0 Å². The molecular formula is C11H16N2O4. The summed E-state index contributed by atoms with van der Waals surface area (Å²) in [6.45, 7) is 1.93. The minimum absolute atomic E-state index is 0.0230. The Morgan fingerprint density at radius 1 is 1.65 bits per heavy atom. The molecule has 0 radical (unpaired) electrons. The lowest BCUT2D eigenvalue weighted by atomic mass is 10.1. The van der Waals surface area contributed by atoms with E-state index in [0.29, 0.717) is 13.2 Å². The molecule has 94 valence electrons. The second kappa shape index (κ2) is 6.89. The summed E-state index contributed by atoms with van der Waals surface area (Å²) in [6.07, 6.45) is 4.94. The van der Waals surface area contributed by atoms with E-state index < -0.39 is 12.0 Å². The molecule has 17 heavy (non-hydrogen) atoms. The molecule has 0 aliphatic carbocycles. The lowest BCUT2D eigenvalue weighted by Gasteiger charge is -2.23. The van der Waals surface area contributed by atoms with Crippen molar-refractivity contribution >= 4 is 11.9 Å². The van der Waals surface area contributed by atoms with Gasteiger partial charge in [0.1, 0.15) is 6.04 Å². The van der Waals surface area contributed by atoms with Crippen LogP contribution in [0.3, 0.4) is 0 Å². The molecular weight excluding hydrogens is 224 g/mol. The third-order valence-corrected chi connectivity index (χ3v) is 2.37. The van der Waals surface area contributed by atoms with E-state index in [-0.39, 0.29) is 24.9 Å². The molecule has 1 aliphatic rings. The number of rotatable bonds is 5. The van der Waals surface area contributed by atoms with Crippen molar-refractivity contribution in [3.8, 4) is 12.3 Å². The first-order chi connectivity index (χ1) is 8.13. The van der Waals surface area contributed by atoms with Gasteiger partial charge in [-0.1, -0.05) is 0 Å². The number of aliphatic carboxylic acids is 1. The molecule has 1 amide bonds. The van der Waals surface area contributed by atoms with Crippen molar-refractivity contribution in [3.05, 3.63) is 0 Å². The molecule has 0 spiro atoms. The van der Waals surface area contributed by atoms with Crippen LogP contribution < -0.4 is 10.6 Å². The molecule has 1 aliphatic heterocycles. The zero-order valence-electron chi connectivity index (χ0n) is 9.44. The van der Waals surface area contributed by atoms with Crippen molar-refractivity contribution in [2.24, 2.45) is 0 Å². The van der Waals surface area contributed by atoms with E-state index in [1.807, 2.05) is 0 Å². The van der Waals surface area contributed by atoms with E-state index in [9.17, 15) is 9.59 Å². The number of carbonyl (C=O) groups excluding carboxylic acids is 1. The molecule has 1 rings (SSSR count). The summed E-state index contributed by atoms with van der Waals surface area (Å²) < 4.78 is 5.34. The fourth-order valence-electron chi connectivity index (χ4n) is 1.53. The summed E-state index contributed by atoms with van der Waals surface area (Å²) in [5.74, 6) is 0.733. The number of carboxylic acid groups (broad SMARTS) is 1. The monoisotopic (exact) mass is 240 g/mol. The molecule has 6 heteroatoms. The lowest BCUT2D eigenvalue weighted by Crippen LogP contribution is -2.45. The average Bonchev–Trinajstić information content (AvgIpc) is 2.29. The normalized spacial score (nSPS) is 21.2. The number of nitrogens with one attached hydrogen (secondary N) is 2. The number of ether oxygens (including phenoxy) is 1. The van der Waals surface area contributed by atoms with Gasteiger partial charge >= 0.3 is 5.97 Å². The van der Waals surface area contributed by atoms with Crippen LogP contribution in [0.2, 0.25) is 0 Å². The standard InChI is InChI=1S/C11H16N2O4/c1-2-3-9(11(15)16)13-10(14)6-8-7-12-4-5-17-8/h1,8-9,12H,3-7H2,(H,13,14)(H,15,16). The molecule has 0 aromatic rings. The van der Waals surface area contributed by atoms with Gasteiger partial charge in [0.25, 0.3) is 0 Å². The summed E-state index contributed by atoms with van der Waals surface area (Å²) in [7, 11) is 0. The van der Waals surface area contributed by atoms with Crippen molar-refractivity contribution in [2.75, 3.05) is 19.7 Å². The van der Waals surface area contributed by atoms with Gasteiger partial charge in [0, 0.05) is 19.5 Å². The van der Waals surface area contributed by atoms with E-state index in [1.165, 1.54) is 0 Å². The van der Waals surface area contributed by atoms with Crippen LogP contribution in [-0.4, -0.2) is 48.8 Å². The molecule has 1 fully saturated rings.